The van der Waals surface area contributed by atoms with Gasteiger partial charge in [-0.1, -0.05) is 43.5 Å². The van der Waals surface area contributed by atoms with Crippen molar-refractivity contribution in [2.24, 2.45) is 0 Å². The lowest BCUT2D eigenvalue weighted by atomic mass is 9.96. The molecule has 9 aromatic rings. The number of aromatic nitrogens is 6. The van der Waals surface area contributed by atoms with Crippen molar-refractivity contribution in [2.75, 3.05) is 117 Å². The fraction of sp³-hybridized carbons (Fsp3) is 0.407. The normalized spacial score (nSPS) is 20.4. The van der Waals surface area contributed by atoms with Crippen LogP contribution in [0.1, 0.15) is 87.2 Å². The van der Waals surface area contributed by atoms with Gasteiger partial charge in [0.25, 0.3) is 0 Å². The molecule has 0 radical (unpaired) electrons. The molecule has 21 nitrogen and oxygen atoms in total. The van der Waals surface area contributed by atoms with Crippen molar-refractivity contribution >= 4 is 115 Å². The minimum atomic E-state index is -0.826. The molecule has 9 heterocycles. The number of aryl methyl sites for hydroxylation is 3. The Hall–Kier alpha value is -9.36. The molecule has 3 saturated heterocycles. The van der Waals surface area contributed by atoms with Crippen LogP contribution in [0, 0.1) is 49.9 Å². The summed E-state index contributed by atoms with van der Waals surface area (Å²) >= 11 is 10.9. The molecule has 6 fully saturated rings. The summed E-state index contributed by atoms with van der Waals surface area (Å²) in [5.74, 6) is 0.125. The molecular formula is C86H88ClF5N12O9S3. The van der Waals surface area contributed by atoms with Crippen LogP contribution >= 0.6 is 46.9 Å². The maximum absolute atomic E-state index is 15.1. The quantitative estimate of drug-likeness (QED) is 0.0445. The molecule has 5 atom stereocenters. The first-order valence-corrected chi connectivity index (χ1v) is 42.6. The van der Waals surface area contributed by atoms with Crippen LogP contribution in [0.25, 0.3) is 66.1 Å². The van der Waals surface area contributed by atoms with Gasteiger partial charge < -0.3 is 43.6 Å². The molecule has 6 aliphatic heterocycles. The Labute approximate surface area is 684 Å². The predicted molar refractivity (Wildman–Crippen MR) is 446 cm³/mol. The molecule has 0 bridgehead atoms. The Morgan fingerprint density at radius 2 is 0.836 bits per heavy atom. The fourth-order valence-electron chi connectivity index (χ4n) is 16.8. The summed E-state index contributed by atoms with van der Waals surface area (Å²) in [6.45, 7) is 27.0. The van der Waals surface area contributed by atoms with Gasteiger partial charge in [0.15, 0.2) is 0 Å². The minimum Gasteiger partial charge on any atom is -0.376 e. The van der Waals surface area contributed by atoms with E-state index in [1.54, 1.807) is 54.6 Å². The van der Waals surface area contributed by atoms with E-state index in [0.717, 1.165) is 115 Å². The molecular weight excluding hydrogens is 1570 g/mol. The molecule has 0 spiro atoms. The predicted octanol–water partition coefficient (Wildman–Crippen LogP) is 14.2. The Bertz CT molecular complexity index is 5680. The van der Waals surface area contributed by atoms with Crippen LogP contribution in [0.15, 0.2) is 140 Å². The van der Waals surface area contributed by atoms with Crippen molar-refractivity contribution in [3.8, 4) is 33.4 Å². The number of piperazine rings is 3. The summed E-state index contributed by atoms with van der Waals surface area (Å²) in [7, 11) is 0. The van der Waals surface area contributed by atoms with Gasteiger partial charge in [-0.25, -0.2) is 36.3 Å². The third-order valence-electron chi connectivity index (χ3n) is 22.9. The van der Waals surface area contributed by atoms with Crippen LogP contribution in [0.2, 0.25) is 5.02 Å². The Morgan fingerprint density at radius 1 is 0.466 bits per heavy atom. The topological polar surface area (TPSA) is 203 Å². The zero-order valence-corrected chi connectivity index (χ0v) is 68.2. The smallest absolute Gasteiger partial charge is 0.350 e. The van der Waals surface area contributed by atoms with E-state index in [1.807, 2.05) is 59.1 Å². The maximum Gasteiger partial charge on any atom is 0.350 e. The van der Waals surface area contributed by atoms with Crippen molar-refractivity contribution in [3.05, 3.63) is 193 Å². The summed E-state index contributed by atoms with van der Waals surface area (Å²) < 4.78 is 95.0. The standard InChI is InChI=1S/C30H33FN4O3S.C28H27ClF2N4O3S.C28H28F2N4O3S/c1-5-25(36)34-18(3)13-33(14-19(34)4)29-24-12-17(2)26(20-6-8-21(31)9-7-20)28-27(24)35(30(37)32-29)22(16-39-28)15-38-23-10-11-23;1-3-23(36)33-6-8-34(9-7-33)27-19-10-15(2)24(18-11-20(29)22(31)12-21(18)30)26-25(19)35(28(37)32-27)16(14-39-26)13-38-17-4-5-17;1-3-23(35)32-8-10-33(11-9-32)27-21-12-16(2)24(20-7-4-17(29)13-22(20)30)26-25(21)34(28(36)31-27)18(15-38-26)14-37-19-5-6-19/h5-9,12,18-19,22-23H,1,10-11,13-16H2,2-4H3;3,10-12,16-17H,1,4-9,13-14H2,2H3;3-4,7,12-13,18-19H,1,5-6,8-11,14-15H2,2H3/t18-,19+,22?;;. The Morgan fingerprint density at radius 3 is 1.23 bits per heavy atom. The van der Waals surface area contributed by atoms with Crippen LogP contribution in [0.5, 0.6) is 0 Å². The van der Waals surface area contributed by atoms with E-state index in [4.69, 9.17) is 25.8 Å². The number of nitrogens with zero attached hydrogens (tertiary/aromatic N) is 12. The van der Waals surface area contributed by atoms with E-state index in [0.29, 0.717) is 154 Å². The highest BCUT2D eigenvalue weighted by atomic mass is 35.5. The van der Waals surface area contributed by atoms with E-state index in [2.05, 4.69) is 52.6 Å². The molecule has 3 aliphatic carbocycles. The Kier molecular flexibility index (Phi) is 23.0. The lowest BCUT2D eigenvalue weighted by Crippen LogP contribution is -2.58. The number of rotatable bonds is 18. The first kappa shape index (κ1) is 80.4. The third-order valence-corrected chi connectivity index (χ3v) is 26.9. The van der Waals surface area contributed by atoms with Gasteiger partial charge in [-0.3, -0.25) is 28.1 Å². The molecule has 0 N–H and O–H groups in total. The number of anilines is 3. The van der Waals surface area contributed by atoms with Gasteiger partial charge in [-0.2, -0.15) is 15.0 Å². The molecule has 9 aliphatic rings. The van der Waals surface area contributed by atoms with Crippen LogP contribution < -0.4 is 31.8 Å². The largest absolute Gasteiger partial charge is 0.376 e. The number of ether oxygens (including phenoxy) is 3. The Balaban J connectivity index is 0.000000131. The molecule has 6 aromatic carbocycles. The number of hydrogen-bond acceptors (Lipinski definition) is 18. The molecule has 3 aromatic heterocycles. The number of carbonyl (C=O) groups is 3. The van der Waals surface area contributed by atoms with Gasteiger partial charge in [0.1, 0.15) is 46.5 Å². The number of thioether (sulfide) groups is 3. The van der Waals surface area contributed by atoms with Crippen molar-refractivity contribution in [1.29, 1.82) is 0 Å². The number of amides is 3. The molecule has 3 amide bonds. The first-order chi connectivity index (χ1) is 55.9. The molecule has 3 unspecified atom stereocenters. The van der Waals surface area contributed by atoms with Gasteiger partial charge in [0, 0.05) is 166 Å². The van der Waals surface area contributed by atoms with Gasteiger partial charge in [0.05, 0.1) is 77.8 Å². The second-order valence-electron chi connectivity index (χ2n) is 31.1. The van der Waals surface area contributed by atoms with Crippen molar-refractivity contribution in [3.63, 3.8) is 0 Å². The van der Waals surface area contributed by atoms with Gasteiger partial charge in [-0.05, 0) is 162 Å². The lowest BCUT2D eigenvalue weighted by Gasteiger charge is -2.45. The second-order valence-corrected chi connectivity index (χ2v) is 34.6. The second kappa shape index (κ2) is 33.2. The van der Waals surface area contributed by atoms with Gasteiger partial charge in [-0.15, -0.1) is 35.3 Å². The molecule has 18 rings (SSSR count). The highest BCUT2D eigenvalue weighted by molar-refractivity contribution is 8.00. The van der Waals surface area contributed by atoms with Crippen molar-refractivity contribution < 1.29 is 50.5 Å². The third kappa shape index (κ3) is 15.8. The number of hydrogen-bond donors (Lipinski definition) is 0. The molecule has 606 valence electrons. The summed E-state index contributed by atoms with van der Waals surface area (Å²) in [6.07, 6.45) is 11.0. The van der Waals surface area contributed by atoms with E-state index >= 15 is 8.78 Å². The highest BCUT2D eigenvalue weighted by Crippen LogP contribution is 2.51. The van der Waals surface area contributed by atoms with Crippen molar-refractivity contribution in [2.45, 2.75) is 136 Å². The van der Waals surface area contributed by atoms with Gasteiger partial charge >= 0.3 is 17.1 Å². The molecule has 30 heteroatoms. The van der Waals surface area contributed by atoms with Crippen LogP contribution in [0.4, 0.5) is 39.4 Å². The summed E-state index contributed by atoms with van der Waals surface area (Å²) in [6, 6.07) is 17.5. The molecule has 116 heavy (non-hydrogen) atoms. The maximum atomic E-state index is 15.1. The van der Waals surface area contributed by atoms with Crippen molar-refractivity contribution in [1.82, 2.24) is 43.4 Å². The fourth-order valence-corrected chi connectivity index (χ4v) is 21.1. The zero-order valence-electron chi connectivity index (χ0n) is 65.0. The monoisotopic (exact) mass is 1660 g/mol. The highest BCUT2D eigenvalue weighted by Gasteiger charge is 2.40. The lowest BCUT2D eigenvalue weighted by molar-refractivity contribution is -0.130. The van der Waals surface area contributed by atoms with Crippen LogP contribution in [-0.2, 0) is 28.6 Å². The summed E-state index contributed by atoms with van der Waals surface area (Å²) in [5.41, 5.74) is 7.43. The van der Waals surface area contributed by atoms with Gasteiger partial charge in [0.2, 0.25) is 17.7 Å². The summed E-state index contributed by atoms with van der Waals surface area (Å²) in [4.78, 5) is 105. The minimum absolute atomic E-state index is 0.0699. The van der Waals surface area contributed by atoms with Crippen LogP contribution in [-0.4, -0.2) is 194 Å². The first-order valence-electron chi connectivity index (χ1n) is 39.3. The average Bonchev–Trinajstić information content (AvgIpc) is 1.59. The number of carbonyl (C=O) groups excluding carboxylic acids is 3. The van der Waals surface area contributed by atoms with Crippen LogP contribution in [0.3, 0.4) is 0 Å². The van der Waals surface area contributed by atoms with E-state index in [9.17, 15) is 41.9 Å². The SMILES string of the molecule is C=CC(=O)N1CCN(c2nc(=O)n3c4c(c(-c5cc(Cl)c(F)cc5F)c(C)cc24)SCC3COC2CC2)CC1.C=CC(=O)N1CCN(c2nc(=O)n3c4c(c(-c5ccc(F)cc5F)c(C)cc24)SCC3COC2CC2)CC1.C=CC(=O)N1[C@H](C)CN(c2nc(=O)n3c4c(c(-c5ccc(F)cc5)c(C)cc24)SCC3COC2CC2)C[C@@H]1C. The number of halogens is 6. The number of benzene rings is 6. The average molecular weight is 1660 g/mol. The van der Waals surface area contributed by atoms with E-state index in [-0.39, 0.29) is 87.9 Å². The summed E-state index contributed by atoms with van der Waals surface area (Å²) in [5, 5.41) is 2.32. The zero-order chi connectivity index (χ0) is 81.4. The van der Waals surface area contributed by atoms with E-state index in [1.165, 1.54) is 60.3 Å². The van der Waals surface area contributed by atoms with E-state index < -0.39 is 29.0 Å². The molecule has 3 saturated carbocycles.